The van der Waals surface area contributed by atoms with E-state index in [4.69, 9.17) is 0 Å². The van der Waals surface area contributed by atoms with Gasteiger partial charge in [-0.25, -0.2) is 0 Å². The predicted molar refractivity (Wildman–Crippen MR) is 178 cm³/mol. The van der Waals surface area contributed by atoms with Crippen LogP contribution in [-0.2, 0) is 28.1 Å². The maximum absolute atomic E-state index is 2.57. The second-order valence-corrected chi connectivity index (χ2v) is 14.8. The highest BCUT2D eigenvalue weighted by atomic mass is 14.5. The van der Waals surface area contributed by atoms with Crippen molar-refractivity contribution in [2.24, 2.45) is 0 Å². The molecule has 1 unspecified atom stereocenters. The highest BCUT2D eigenvalue weighted by Crippen LogP contribution is 2.58. The zero-order valence-corrected chi connectivity index (χ0v) is 26.0. The molecule has 0 heteroatoms. The van der Waals surface area contributed by atoms with Gasteiger partial charge in [0.25, 0.3) is 0 Å². The van der Waals surface area contributed by atoms with E-state index in [1.54, 1.807) is 0 Å². The molecule has 0 nitrogen and oxygen atoms in total. The average molecular weight is 545 g/mol. The first-order valence-electron chi connectivity index (χ1n) is 15.6. The van der Waals surface area contributed by atoms with E-state index in [-0.39, 0.29) is 21.7 Å². The van der Waals surface area contributed by atoms with Crippen molar-refractivity contribution in [2.75, 3.05) is 0 Å². The zero-order chi connectivity index (χ0) is 29.2. The fourth-order valence-corrected chi connectivity index (χ4v) is 8.78. The maximum Gasteiger partial charge on any atom is 0.0227 e. The minimum Gasteiger partial charge on any atom is -0.0619 e. The van der Waals surface area contributed by atoms with Crippen LogP contribution in [0.2, 0.25) is 0 Å². The van der Waals surface area contributed by atoms with E-state index in [1.807, 2.05) is 0 Å². The van der Waals surface area contributed by atoms with Gasteiger partial charge in [-0.15, -0.1) is 0 Å². The van der Waals surface area contributed by atoms with Crippen molar-refractivity contribution in [1.29, 1.82) is 0 Å². The van der Waals surface area contributed by atoms with E-state index in [0.717, 1.165) is 6.42 Å². The molecule has 0 bridgehead atoms. The molecule has 0 heterocycles. The Hall–Kier alpha value is -3.90. The first kappa shape index (κ1) is 25.8. The van der Waals surface area contributed by atoms with Crippen molar-refractivity contribution in [3.63, 3.8) is 0 Å². The molecule has 0 N–H and O–H groups in total. The molecule has 42 heavy (non-hydrogen) atoms. The van der Waals surface area contributed by atoms with Crippen LogP contribution in [0.15, 0.2) is 103 Å². The van der Waals surface area contributed by atoms with Crippen molar-refractivity contribution in [1.82, 2.24) is 0 Å². The maximum atomic E-state index is 2.57. The lowest BCUT2D eigenvalue weighted by atomic mass is 9.55. The van der Waals surface area contributed by atoms with Crippen LogP contribution in [-0.4, -0.2) is 0 Å². The minimum absolute atomic E-state index is 0.00937. The standard InChI is InChI=1S/C42H40/c1-39(2)33-17-11-8-14-27(33)31-23-32-29-16-10-13-19-36(29)42(7,38(32)24-37(31)39)25-26-20-21-35-30(22-26)28-15-9-12-18-34(28)40(3,4)41(35,5)6/h8-24H,25H2,1-7H3. The second-order valence-electron chi connectivity index (χ2n) is 14.8. The summed E-state index contributed by atoms with van der Waals surface area (Å²) in [5.74, 6) is 0. The summed E-state index contributed by atoms with van der Waals surface area (Å²) >= 11 is 0. The van der Waals surface area contributed by atoms with Gasteiger partial charge >= 0.3 is 0 Å². The summed E-state index contributed by atoms with van der Waals surface area (Å²) in [5, 5.41) is 0. The van der Waals surface area contributed by atoms with E-state index >= 15 is 0 Å². The highest BCUT2D eigenvalue weighted by Gasteiger charge is 2.47. The summed E-state index contributed by atoms with van der Waals surface area (Å²) in [6.45, 7) is 16.9. The molecule has 0 fully saturated rings. The van der Waals surface area contributed by atoms with Crippen LogP contribution in [0, 0.1) is 0 Å². The SMILES string of the molecule is CC1(C)c2ccccc2-c2cc3c(cc21)C(C)(Cc1ccc2c(c1)-c1ccccc1C(C)(C)C2(C)C)c1ccccc1-3. The Kier molecular flexibility index (Phi) is 4.99. The fraction of sp³-hybridized carbons (Fsp3) is 0.286. The average Bonchev–Trinajstić information content (AvgIpc) is 3.36. The van der Waals surface area contributed by atoms with Gasteiger partial charge in [-0.2, -0.15) is 0 Å². The van der Waals surface area contributed by atoms with Gasteiger partial charge in [0.2, 0.25) is 0 Å². The predicted octanol–water partition coefficient (Wildman–Crippen LogP) is 10.8. The zero-order valence-electron chi connectivity index (χ0n) is 26.0. The molecule has 8 rings (SSSR count). The molecule has 5 aromatic carbocycles. The normalized spacial score (nSPS) is 21.0. The third-order valence-corrected chi connectivity index (χ3v) is 11.9. The van der Waals surface area contributed by atoms with Crippen LogP contribution in [0.5, 0.6) is 0 Å². The van der Waals surface area contributed by atoms with Gasteiger partial charge in [0, 0.05) is 10.8 Å². The van der Waals surface area contributed by atoms with Gasteiger partial charge in [-0.05, 0) is 95.6 Å². The molecule has 5 aromatic rings. The lowest BCUT2D eigenvalue weighted by Crippen LogP contribution is -2.43. The van der Waals surface area contributed by atoms with E-state index in [2.05, 4.69) is 152 Å². The van der Waals surface area contributed by atoms with Crippen molar-refractivity contribution in [3.8, 4) is 33.4 Å². The van der Waals surface area contributed by atoms with Gasteiger partial charge in [0.1, 0.15) is 0 Å². The Morgan fingerprint density at radius 3 is 1.52 bits per heavy atom. The molecule has 208 valence electrons. The molecule has 0 saturated heterocycles. The summed E-state index contributed by atoms with van der Waals surface area (Å²) in [4.78, 5) is 0. The van der Waals surface area contributed by atoms with E-state index in [9.17, 15) is 0 Å². The Bertz CT molecular complexity index is 1950. The van der Waals surface area contributed by atoms with Crippen LogP contribution < -0.4 is 0 Å². The minimum atomic E-state index is -0.108. The number of hydrogen-bond donors (Lipinski definition) is 0. The molecule has 0 spiro atoms. The van der Waals surface area contributed by atoms with Crippen molar-refractivity contribution in [2.45, 2.75) is 76.5 Å². The summed E-state index contributed by atoms with van der Waals surface area (Å²) in [6, 6.07) is 39.7. The monoisotopic (exact) mass is 544 g/mol. The van der Waals surface area contributed by atoms with Gasteiger partial charge < -0.3 is 0 Å². The van der Waals surface area contributed by atoms with Gasteiger partial charge in [-0.1, -0.05) is 146 Å². The summed E-state index contributed by atoms with van der Waals surface area (Å²) < 4.78 is 0. The van der Waals surface area contributed by atoms with E-state index < -0.39 is 0 Å². The van der Waals surface area contributed by atoms with Crippen LogP contribution in [0.25, 0.3) is 33.4 Å². The third kappa shape index (κ3) is 3.08. The van der Waals surface area contributed by atoms with Crippen LogP contribution >= 0.6 is 0 Å². The molecular weight excluding hydrogens is 504 g/mol. The first-order chi connectivity index (χ1) is 20.0. The third-order valence-electron chi connectivity index (χ3n) is 11.9. The lowest BCUT2D eigenvalue weighted by Gasteiger charge is -2.48. The number of hydrogen-bond acceptors (Lipinski definition) is 0. The highest BCUT2D eigenvalue weighted by molar-refractivity contribution is 5.90. The Morgan fingerprint density at radius 2 is 0.857 bits per heavy atom. The van der Waals surface area contributed by atoms with Crippen LogP contribution in [0.1, 0.15) is 87.4 Å². The fourth-order valence-electron chi connectivity index (χ4n) is 8.78. The van der Waals surface area contributed by atoms with Gasteiger partial charge in [0.05, 0.1) is 0 Å². The number of rotatable bonds is 2. The molecule has 0 amide bonds. The van der Waals surface area contributed by atoms with Gasteiger partial charge in [-0.3, -0.25) is 0 Å². The number of benzene rings is 5. The molecule has 3 aliphatic rings. The summed E-state index contributed by atoms with van der Waals surface area (Å²) in [6.07, 6.45) is 0.975. The quantitative estimate of drug-likeness (QED) is 0.207. The van der Waals surface area contributed by atoms with Crippen molar-refractivity contribution < 1.29 is 0 Å². The Labute approximate surface area is 251 Å². The molecule has 0 saturated carbocycles. The Balaban J connectivity index is 1.30. The lowest BCUT2D eigenvalue weighted by molar-refractivity contribution is 0.299. The topological polar surface area (TPSA) is 0 Å². The van der Waals surface area contributed by atoms with Crippen LogP contribution in [0.3, 0.4) is 0 Å². The van der Waals surface area contributed by atoms with Crippen LogP contribution in [0.4, 0.5) is 0 Å². The smallest absolute Gasteiger partial charge is 0.0227 e. The molecule has 0 aromatic heterocycles. The Morgan fingerprint density at radius 1 is 0.381 bits per heavy atom. The molecule has 3 aliphatic carbocycles. The summed E-state index contributed by atoms with van der Waals surface area (Å²) in [5.41, 5.74) is 18.5. The second kappa shape index (κ2) is 8.13. The van der Waals surface area contributed by atoms with Crippen molar-refractivity contribution in [3.05, 3.63) is 142 Å². The van der Waals surface area contributed by atoms with Crippen molar-refractivity contribution >= 4 is 0 Å². The molecule has 1 atom stereocenters. The van der Waals surface area contributed by atoms with Gasteiger partial charge in [0.15, 0.2) is 0 Å². The van der Waals surface area contributed by atoms with E-state index in [1.165, 1.54) is 72.3 Å². The molecule has 0 aliphatic heterocycles. The van der Waals surface area contributed by atoms with E-state index in [0.29, 0.717) is 0 Å². The number of fused-ring (bicyclic) bond motifs is 9. The molecular formula is C42H40. The first-order valence-corrected chi connectivity index (χ1v) is 15.6. The largest absolute Gasteiger partial charge is 0.0619 e. The molecule has 0 radical (unpaired) electrons. The summed E-state index contributed by atoms with van der Waals surface area (Å²) in [7, 11) is 0.